The van der Waals surface area contributed by atoms with Crippen molar-refractivity contribution in [2.24, 2.45) is 0 Å². The van der Waals surface area contributed by atoms with Gasteiger partial charge in [-0.25, -0.2) is 0 Å². The summed E-state index contributed by atoms with van der Waals surface area (Å²) >= 11 is 0. The number of hydrogen-bond donors (Lipinski definition) is 3. The molecule has 2 aliphatic carbocycles. The highest BCUT2D eigenvalue weighted by Crippen LogP contribution is 2.31. The molecule has 3 heterocycles. The van der Waals surface area contributed by atoms with Gasteiger partial charge in [-0.1, -0.05) is 36.8 Å². The van der Waals surface area contributed by atoms with Crippen molar-refractivity contribution in [2.75, 3.05) is 24.1 Å². The molecule has 4 N–H and O–H groups in total. The van der Waals surface area contributed by atoms with Crippen molar-refractivity contribution in [3.63, 3.8) is 0 Å². The summed E-state index contributed by atoms with van der Waals surface area (Å²) in [4.78, 5) is 4.43. The predicted molar refractivity (Wildman–Crippen MR) is 152 cm³/mol. The van der Waals surface area contributed by atoms with Crippen LogP contribution in [0.4, 0.5) is 17.6 Å². The summed E-state index contributed by atoms with van der Waals surface area (Å²) in [5.74, 6) is 1.34. The fourth-order valence-electron chi connectivity index (χ4n) is 5.67. The summed E-state index contributed by atoms with van der Waals surface area (Å²) in [6.45, 7) is 2.50. The maximum atomic E-state index is 6.22. The van der Waals surface area contributed by atoms with Gasteiger partial charge >= 0.3 is 0 Å². The molecule has 0 spiro atoms. The average Bonchev–Trinajstić information content (AvgIpc) is 3.53. The lowest BCUT2D eigenvalue weighted by molar-refractivity contribution is 0.711. The van der Waals surface area contributed by atoms with Gasteiger partial charge in [0.05, 0.1) is 5.69 Å². The Bertz CT molecular complexity index is 1400. The lowest BCUT2D eigenvalue weighted by Gasteiger charge is -2.09. The van der Waals surface area contributed by atoms with Crippen LogP contribution in [0.5, 0.6) is 0 Å². The van der Waals surface area contributed by atoms with Crippen LogP contribution in [0, 0.1) is 0 Å². The van der Waals surface area contributed by atoms with E-state index in [1.165, 1.54) is 73.0 Å². The minimum atomic E-state index is 0.288. The molecule has 8 nitrogen and oxygen atoms in total. The van der Waals surface area contributed by atoms with Gasteiger partial charge in [-0.15, -0.1) is 15.3 Å². The maximum Gasteiger partial charge on any atom is 0.248 e. The van der Waals surface area contributed by atoms with E-state index in [0.717, 1.165) is 43.5 Å². The van der Waals surface area contributed by atoms with Crippen LogP contribution in [0.1, 0.15) is 60.8 Å². The third kappa shape index (κ3) is 5.41. The standard InChI is InChI=1S/C26H27N7.C4H9N/c27-25-29-26(28-21-14-13-17-7-2-1-3-9-19(17)15-21)32-33(25)23-16-20-11-6-10-18-8-4-5-12-22(18)24(20)31-30-23;1-2-4-5-3-1/h4-5,8,12-16H,1-3,6-7,9-11H2,(H3,27,28,29,32);5H,1-4H2. The minimum absolute atomic E-state index is 0.288. The van der Waals surface area contributed by atoms with Gasteiger partial charge in [0.2, 0.25) is 11.9 Å². The zero-order chi connectivity index (χ0) is 25.7. The normalized spacial score (nSPS) is 16.2. The van der Waals surface area contributed by atoms with Crippen molar-refractivity contribution in [1.82, 2.24) is 30.3 Å². The lowest BCUT2D eigenvalue weighted by Crippen LogP contribution is -2.08. The van der Waals surface area contributed by atoms with Crippen molar-refractivity contribution >= 4 is 17.6 Å². The van der Waals surface area contributed by atoms with Crippen molar-refractivity contribution in [3.05, 3.63) is 70.8 Å². The Labute approximate surface area is 224 Å². The molecule has 4 aromatic rings. The monoisotopic (exact) mass is 508 g/mol. The van der Waals surface area contributed by atoms with Gasteiger partial charge in [0.1, 0.15) is 0 Å². The number of nitrogens with two attached hydrogens (primary N) is 1. The largest absolute Gasteiger partial charge is 0.368 e. The Balaban J connectivity index is 0.000000476. The van der Waals surface area contributed by atoms with E-state index < -0.39 is 0 Å². The highest BCUT2D eigenvalue weighted by molar-refractivity contribution is 5.68. The molecule has 0 bridgehead atoms. The van der Waals surface area contributed by atoms with Crippen LogP contribution in [0.2, 0.25) is 0 Å². The van der Waals surface area contributed by atoms with Gasteiger partial charge in [0.25, 0.3) is 0 Å². The number of nitrogen functional groups attached to an aromatic ring is 1. The summed E-state index contributed by atoms with van der Waals surface area (Å²) in [7, 11) is 0. The summed E-state index contributed by atoms with van der Waals surface area (Å²) < 4.78 is 1.57. The quantitative estimate of drug-likeness (QED) is 0.328. The fourth-order valence-corrected chi connectivity index (χ4v) is 5.67. The van der Waals surface area contributed by atoms with Gasteiger partial charge in [-0.05, 0) is 111 Å². The van der Waals surface area contributed by atoms with Crippen LogP contribution in [-0.4, -0.2) is 38.1 Å². The molecule has 1 fully saturated rings. The van der Waals surface area contributed by atoms with Crippen molar-refractivity contribution in [2.45, 2.75) is 64.2 Å². The van der Waals surface area contributed by atoms with E-state index >= 15 is 0 Å². The molecule has 0 saturated carbocycles. The van der Waals surface area contributed by atoms with Crippen LogP contribution in [0.15, 0.2) is 48.5 Å². The molecule has 38 heavy (non-hydrogen) atoms. The molecule has 196 valence electrons. The molecule has 0 amide bonds. The topological polar surface area (TPSA) is 107 Å². The number of aromatic nitrogens is 5. The zero-order valence-electron chi connectivity index (χ0n) is 21.9. The van der Waals surface area contributed by atoms with E-state index in [0.29, 0.717) is 11.8 Å². The molecule has 2 aromatic heterocycles. The van der Waals surface area contributed by atoms with Gasteiger partial charge in [0, 0.05) is 11.3 Å². The molecule has 2 aromatic carbocycles. The van der Waals surface area contributed by atoms with Crippen LogP contribution in [0.25, 0.3) is 17.1 Å². The number of nitrogens with zero attached hydrogens (tertiary/aromatic N) is 5. The van der Waals surface area contributed by atoms with Crippen LogP contribution in [0.3, 0.4) is 0 Å². The summed E-state index contributed by atoms with van der Waals surface area (Å²) in [5, 5.41) is 20.2. The van der Waals surface area contributed by atoms with Crippen LogP contribution < -0.4 is 16.4 Å². The molecule has 3 aliphatic rings. The van der Waals surface area contributed by atoms with Gasteiger partial charge < -0.3 is 16.4 Å². The Kier molecular flexibility index (Phi) is 7.31. The molecule has 0 atom stereocenters. The van der Waals surface area contributed by atoms with Gasteiger partial charge in [-0.2, -0.15) is 9.67 Å². The maximum absolute atomic E-state index is 6.22. The summed E-state index contributed by atoms with van der Waals surface area (Å²) in [5.41, 5.74) is 14.7. The fraction of sp³-hybridized carbons (Fsp3) is 0.400. The smallest absolute Gasteiger partial charge is 0.248 e. The Morgan fingerprint density at radius 3 is 2.37 bits per heavy atom. The number of hydrogen-bond acceptors (Lipinski definition) is 7. The second-order valence-corrected chi connectivity index (χ2v) is 10.4. The highest BCUT2D eigenvalue weighted by Gasteiger charge is 2.19. The number of nitrogens with one attached hydrogen (secondary N) is 2. The lowest BCUT2D eigenvalue weighted by atomic mass is 10.0. The first-order valence-electron chi connectivity index (χ1n) is 14.0. The Morgan fingerprint density at radius 1 is 0.737 bits per heavy atom. The Morgan fingerprint density at radius 2 is 1.53 bits per heavy atom. The predicted octanol–water partition coefficient (Wildman–Crippen LogP) is 5.18. The molecule has 1 aliphatic heterocycles. The summed E-state index contributed by atoms with van der Waals surface area (Å²) in [6, 6.07) is 17.0. The average molecular weight is 509 g/mol. The first-order valence-corrected chi connectivity index (χ1v) is 14.0. The second kappa shape index (κ2) is 11.3. The third-order valence-electron chi connectivity index (χ3n) is 7.69. The number of rotatable bonds is 3. The molecular weight excluding hydrogens is 472 g/mol. The van der Waals surface area contributed by atoms with Crippen molar-refractivity contribution in [1.29, 1.82) is 0 Å². The van der Waals surface area contributed by atoms with Gasteiger partial charge in [0.15, 0.2) is 5.82 Å². The number of benzene rings is 2. The van der Waals surface area contributed by atoms with E-state index in [2.05, 4.69) is 73.4 Å². The third-order valence-corrected chi connectivity index (χ3v) is 7.69. The van der Waals surface area contributed by atoms with E-state index in [4.69, 9.17) is 5.73 Å². The highest BCUT2D eigenvalue weighted by atomic mass is 15.4. The summed E-state index contributed by atoms with van der Waals surface area (Å²) in [6.07, 6.45) is 12.0. The van der Waals surface area contributed by atoms with E-state index in [9.17, 15) is 0 Å². The molecule has 1 saturated heterocycles. The number of fused-ring (bicyclic) bond motifs is 4. The van der Waals surface area contributed by atoms with E-state index in [1.807, 2.05) is 6.07 Å². The SMILES string of the molecule is C1CCNC1.Nc1nc(Nc2ccc3c(c2)CCCCC3)nn1-c1cc2c(nn1)-c1ccccc1CCC2. The van der Waals surface area contributed by atoms with Crippen LogP contribution >= 0.6 is 0 Å². The van der Waals surface area contributed by atoms with E-state index in [1.54, 1.807) is 4.68 Å². The van der Waals surface area contributed by atoms with Gasteiger partial charge in [-0.3, -0.25) is 0 Å². The first kappa shape index (κ1) is 24.6. The van der Waals surface area contributed by atoms with Crippen molar-refractivity contribution in [3.8, 4) is 17.1 Å². The molecule has 8 heteroatoms. The Hall–Kier alpha value is -3.78. The molecular formula is C30H36N8. The zero-order valence-corrected chi connectivity index (χ0v) is 21.9. The van der Waals surface area contributed by atoms with E-state index in [-0.39, 0.29) is 5.95 Å². The first-order chi connectivity index (χ1) is 18.7. The molecule has 0 unspecified atom stereocenters. The number of anilines is 3. The number of aryl methyl sites for hydroxylation is 4. The second-order valence-electron chi connectivity index (χ2n) is 10.4. The van der Waals surface area contributed by atoms with Crippen molar-refractivity contribution < 1.29 is 0 Å². The van der Waals surface area contributed by atoms with Crippen LogP contribution in [-0.2, 0) is 25.7 Å². The minimum Gasteiger partial charge on any atom is -0.368 e. The molecule has 7 rings (SSSR count). The molecule has 0 radical (unpaired) electrons.